The number of nitrogens with zero attached hydrogens (tertiary/aromatic N) is 1. The van der Waals surface area contributed by atoms with Gasteiger partial charge in [-0.25, -0.2) is 0 Å². The lowest BCUT2D eigenvalue weighted by atomic mass is 9.98. The van der Waals surface area contributed by atoms with E-state index < -0.39 is 17.7 Å². The fraction of sp³-hybridized carbons (Fsp3) is 0.310. The van der Waals surface area contributed by atoms with Crippen LogP contribution in [0.4, 0.5) is 5.69 Å². The first kappa shape index (κ1) is 24.3. The molecular weight excluding hydrogens is 442 g/mol. The van der Waals surface area contributed by atoms with Crippen molar-refractivity contribution in [3.05, 3.63) is 88.4 Å². The average Bonchev–Trinajstić information content (AvgIpc) is 3.38. The maximum Gasteiger partial charge on any atom is 0.300 e. The zero-order valence-corrected chi connectivity index (χ0v) is 20.6. The van der Waals surface area contributed by atoms with Crippen molar-refractivity contribution in [3.63, 3.8) is 0 Å². The molecular formula is C29H31NO5. The molecule has 0 aliphatic carbocycles. The first-order valence-corrected chi connectivity index (χ1v) is 12.0. The van der Waals surface area contributed by atoms with E-state index >= 15 is 0 Å². The SMILES string of the molecule is CCCCCOc1ccc(/C(O)=C2/C(=O)C(=O)N(c3ccc(C)cc3C)C2c2ccc(C)o2)cc1. The van der Waals surface area contributed by atoms with Crippen LogP contribution in [0.2, 0.25) is 0 Å². The highest BCUT2D eigenvalue weighted by Crippen LogP contribution is 2.43. The highest BCUT2D eigenvalue weighted by Gasteiger charge is 2.48. The molecule has 0 spiro atoms. The molecule has 0 radical (unpaired) electrons. The molecule has 6 heteroatoms. The van der Waals surface area contributed by atoms with Gasteiger partial charge in [-0.3, -0.25) is 14.5 Å². The second-order valence-corrected chi connectivity index (χ2v) is 8.99. The molecule has 2 aromatic carbocycles. The van der Waals surface area contributed by atoms with Crippen LogP contribution in [0.3, 0.4) is 0 Å². The van der Waals surface area contributed by atoms with E-state index in [1.807, 2.05) is 32.0 Å². The molecule has 3 aromatic rings. The van der Waals surface area contributed by atoms with Gasteiger partial charge in [0.2, 0.25) is 0 Å². The predicted molar refractivity (Wildman–Crippen MR) is 136 cm³/mol. The number of aliphatic hydroxyl groups excluding tert-OH is 1. The summed E-state index contributed by atoms with van der Waals surface area (Å²) in [6.07, 6.45) is 3.19. The number of ether oxygens (including phenoxy) is 1. The molecule has 182 valence electrons. The van der Waals surface area contributed by atoms with E-state index in [0.29, 0.717) is 35.1 Å². The zero-order valence-electron chi connectivity index (χ0n) is 20.6. The minimum absolute atomic E-state index is 0.000870. The van der Waals surface area contributed by atoms with Crippen molar-refractivity contribution < 1.29 is 23.8 Å². The fourth-order valence-corrected chi connectivity index (χ4v) is 4.43. The summed E-state index contributed by atoms with van der Waals surface area (Å²) >= 11 is 0. The highest BCUT2D eigenvalue weighted by molar-refractivity contribution is 6.51. The number of carbonyl (C=O) groups excluding carboxylic acids is 2. The molecule has 1 unspecified atom stereocenters. The highest BCUT2D eigenvalue weighted by atomic mass is 16.5. The number of hydrogen-bond donors (Lipinski definition) is 1. The van der Waals surface area contributed by atoms with Gasteiger partial charge in [-0.2, -0.15) is 0 Å². The molecule has 1 aromatic heterocycles. The van der Waals surface area contributed by atoms with E-state index in [-0.39, 0.29) is 11.3 Å². The third-order valence-corrected chi connectivity index (χ3v) is 6.23. The first-order valence-electron chi connectivity index (χ1n) is 12.0. The number of anilines is 1. The lowest BCUT2D eigenvalue weighted by molar-refractivity contribution is -0.132. The second kappa shape index (κ2) is 10.2. The lowest BCUT2D eigenvalue weighted by Crippen LogP contribution is -2.30. The Balaban J connectivity index is 1.76. The summed E-state index contributed by atoms with van der Waals surface area (Å²) in [5.41, 5.74) is 2.93. The smallest absolute Gasteiger partial charge is 0.300 e. The van der Waals surface area contributed by atoms with Crippen molar-refractivity contribution in [1.82, 2.24) is 0 Å². The van der Waals surface area contributed by atoms with Crippen LogP contribution in [-0.4, -0.2) is 23.4 Å². The fourth-order valence-electron chi connectivity index (χ4n) is 4.43. The van der Waals surface area contributed by atoms with E-state index in [0.717, 1.165) is 30.4 Å². The van der Waals surface area contributed by atoms with Crippen molar-refractivity contribution >= 4 is 23.1 Å². The number of unbranched alkanes of at least 4 members (excludes halogenated alkanes) is 2. The molecule has 1 saturated heterocycles. The Morgan fingerprint density at radius 1 is 1.00 bits per heavy atom. The van der Waals surface area contributed by atoms with Crippen LogP contribution in [0.25, 0.3) is 5.76 Å². The number of aryl methyl sites for hydroxylation is 3. The lowest BCUT2D eigenvalue weighted by Gasteiger charge is -2.25. The number of ketones is 1. The number of amides is 1. The average molecular weight is 474 g/mol. The Bertz CT molecular complexity index is 1270. The summed E-state index contributed by atoms with van der Waals surface area (Å²) in [6, 6.07) is 15.2. The van der Waals surface area contributed by atoms with Crippen molar-refractivity contribution in [3.8, 4) is 5.75 Å². The van der Waals surface area contributed by atoms with Gasteiger partial charge in [0, 0.05) is 11.3 Å². The number of Topliss-reactive ketones (excluding diaryl/α,β-unsaturated/α-hetero) is 1. The predicted octanol–water partition coefficient (Wildman–Crippen LogP) is 6.40. The normalized spacial score (nSPS) is 17.3. The number of furan rings is 1. The molecule has 2 heterocycles. The molecule has 1 aliphatic rings. The third kappa shape index (κ3) is 4.87. The number of carbonyl (C=O) groups is 2. The second-order valence-electron chi connectivity index (χ2n) is 8.99. The summed E-state index contributed by atoms with van der Waals surface area (Å²) in [5.74, 6) is 0.0588. The van der Waals surface area contributed by atoms with Gasteiger partial charge < -0.3 is 14.3 Å². The van der Waals surface area contributed by atoms with E-state index in [1.165, 1.54) is 4.90 Å². The number of hydrogen-bond acceptors (Lipinski definition) is 5. The molecule has 6 nitrogen and oxygen atoms in total. The molecule has 1 amide bonds. The van der Waals surface area contributed by atoms with E-state index in [1.54, 1.807) is 43.3 Å². The number of benzene rings is 2. The van der Waals surface area contributed by atoms with Gasteiger partial charge in [0.1, 0.15) is 29.1 Å². The molecule has 0 bridgehead atoms. The standard InChI is InChI=1S/C29H31NO5/c1-5-6-7-16-34-22-12-10-21(11-13-22)27(31)25-26(24-15-9-20(4)35-24)30(29(33)28(25)32)23-14-8-18(2)17-19(23)3/h8-15,17,26,31H,5-7,16H2,1-4H3/b27-25-. The molecule has 1 fully saturated rings. The van der Waals surface area contributed by atoms with Crippen molar-refractivity contribution in [1.29, 1.82) is 0 Å². The Morgan fingerprint density at radius 3 is 2.37 bits per heavy atom. The van der Waals surface area contributed by atoms with Crippen LogP contribution < -0.4 is 9.64 Å². The van der Waals surface area contributed by atoms with Crippen molar-refractivity contribution in [2.75, 3.05) is 11.5 Å². The summed E-state index contributed by atoms with van der Waals surface area (Å²) in [5, 5.41) is 11.3. The maximum absolute atomic E-state index is 13.3. The Morgan fingerprint density at radius 2 is 1.74 bits per heavy atom. The molecule has 0 saturated carbocycles. The first-order chi connectivity index (χ1) is 16.8. The van der Waals surface area contributed by atoms with Crippen LogP contribution >= 0.6 is 0 Å². The summed E-state index contributed by atoms with van der Waals surface area (Å²) < 4.78 is 11.6. The van der Waals surface area contributed by atoms with Gasteiger partial charge in [-0.1, -0.05) is 37.5 Å². The zero-order chi connectivity index (χ0) is 25.1. The van der Waals surface area contributed by atoms with Crippen LogP contribution in [0.1, 0.15) is 60.4 Å². The molecule has 1 aliphatic heterocycles. The molecule has 1 N–H and O–H groups in total. The summed E-state index contributed by atoms with van der Waals surface area (Å²) in [4.78, 5) is 28.0. The van der Waals surface area contributed by atoms with E-state index in [2.05, 4.69) is 6.92 Å². The van der Waals surface area contributed by atoms with Gasteiger partial charge in [0.25, 0.3) is 11.7 Å². The van der Waals surface area contributed by atoms with Crippen LogP contribution in [0.15, 0.2) is 64.6 Å². The van der Waals surface area contributed by atoms with Crippen LogP contribution in [-0.2, 0) is 9.59 Å². The molecule has 4 rings (SSSR count). The van der Waals surface area contributed by atoms with Gasteiger partial charge in [0.05, 0.1) is 12.2 Å². The Labute approximate surface area is 205 Å². The van der Waals surface area contributed by atoms with Gasteiger partial charge in [-0.15, -0.1) is 0 Å². The Kier molecular flexibility index (Phi) is 7.10. The summed E-state index contributed by atoms with van der Waals surface area (Å²) in [6.45, 7) is 8.42. The van der Waals surface area contributed by atoms with Gasteiger partial charge in [0.15, 0.2) is 0 Å². The van der Waals surface area contributed by atoms with Gasteiger partial charge >= 0.3 is 0 Å². The van der Waals surface area contributed by atoms with E-state index in [4.69, 9.17) is 9.15 Å². The van der Waals surface area contributed by atoms with E-state index in [9.17, 15) is 14.7 Å². The third-order valence-electron chi connectivity index (χ3n) is 6.23. The summed E-state index contributed by atoms with van der Waals surface area (Å²) in [7, 11) is 0. The maximum atomic E-state index is 13.3. The quantitative estimate of drug-likeness (QED) is 0.177. The van der Waals surface area contributed by atoms with Crippen LogP contribution in [0.5, 0.6) is 5.75 Å². The minimum Gasteiger partial charge on any atom is -0.507 e. The number of rotatable bonds is 8. The van der Waals surface area contributed by atoms with Crippen molar-refractivity contribution in [2.24, 2.45) is 0 Å². The largest absolute Gasteiger partial charge is 0.507 e. The van der Waals surface area contributed by atoms with Crippen LogP contribution in [0, 0.1) is 20.8 Å². The minimum atomic E-state index is -0.880. The molecule has 1 atom stereocenters. The topological polar surface area (TPSA) is 80.0 Å². The van der Waals surface area contributed by atoms with Gasteiger partial charge in [-0.05, 0) is 75.2 Å². The number of aliphatic hydroxyl groups is 1. The Hall–Kier alpha value is -3.80. The van der Waals surface area contributed by atoms with Crippen molar-refractivity contribution in [2.45, 2.75) is 53.0 Å². The monoisotopic (exact) mass is 473 g/mol. The molecule has 35 heavy (non-hydrogen) atoms.